The molecule has 0 fully saturated rings. The molecule has 3 aromatic carbocycles. The van der Waals surface area contributed by atoms with Gasteiger partial charge in [0.05, 0.1) is 33.9 Å². The molecule has 0 spiro atoms. The Hall–Kier alpha value is -3.37. The third-order valence-corrected chi connectivity index (χ3v) is 4.51. The molecule has 4 rings (SSSR count). The number of nitrogens with one attached hydrogen (secondary N) is 1. The van der Waals surface area contributed by atoms with Gasteiger partial charge in [0.15, 0.2) is 0 Å². The summed E-state index contributed by atoms with van der Waals surface area (Å²) in [7, 11) is 0. The molecule has 1 N–H and O–H groups in total. The molecule has 0 saturated carbocycles. The number of amides is 1. The van der Waals surface area contributed by atoms with Gasteiger partial charge in [0.2, 0.25) is 0 Å². The van der Waals surface area contributed by atoms with Gasteiger partial charge in [-0.3, -0.25) is 4.79 Å². The zero-order chi connectivity index (χ0) is 18.6. The van der Waals surface area contributed by atoms with Crippen LogP contribution in [0.2, 0.25) is 5.02 Å². The lowest BCUT2D eigenvalue weighted by atomic mass is 10.1. The van der Waals surface area contributed by atoms with Crippen LogP contribution in [0.3, 0.4) is 0 Å². The molecule has 0 radical (unpaired) electrons. The highest BCUT2D eigenvalue weighted by atomic mass is 35.5. The average molecular weight is 374 g/mol. The molecule has 0 aliphatic heterocycles. The number of nitrogens with zero attached hydrogens (tertiary/aromatic N) is 2. The van der Waals surface area contributed by atoms with E-state index in [1.807, 2.05) is 72.8 Å². The molecule has 4 nitrogen and oxygen atoms in total. The summed E-state index contributed by atoms with van der Waals surface area (Å²) in [6.07, 6.45) is 1.58. The van der Waals surface area contributed by atoms with Gasteiger partial charge in [-0.25, -0.2) is 4.68 Å². The largest absolute Gasteiger partial charge is 0.321 e. The van der Waals surface area contributed by atoms with Crippen molar-refractivity contribution in [1.29, 1.82) is 0 Å². The molecule has 0 aliphatic rings. The lowest BCUT2D eigenvalue weighted by Gasteiger charge is -2.11. The van der Waals surface area contributed by atoms with Crippen LogP contribution in [0.25, 0.3) is 16.9 Å². The number of carbonyl (C=O) groups excluding carboxylic acids is 1. The summed E-state index contributed by atoms with van der Waals surface area (Å²) in [5.74, 6) is -0.260. The van der Waals surface area contributed by atoms with Crippen LogP contribution in [0.15, 0.2) is 91.1 Å². The fraction of sp³-hybridized carbons (Fsp3) is 0. The van der Waals surface area contributed by atoms with E-state index in [0.29, 0.717) is 16.3 Å². The second-order valence-electron chi connectivity index (χ2n) is 5.95. The van der Waals surface area contributed by atoms with E-state index >= 15 is 0 Å². The Morgan fingerprint density at radius 2 is 1.48 bits per heavy atom. The number of para-hydroxylation sites is 2. The molecule has 4 aromatic rings. The van der Waals surface area contributed by atoms with Crippen molar-refractivity contribution in [2.24, 2.45) is 0 Å². The van der Waals surface area contributed by atoms with Crippen LogP contribution >= 0.6 is 11.6 Å². The molecule has 1 aromatic heterocycles. The van der Waals surface area contributed by atoms with Gasteiger partial charge in [-0.05, 0) is 24.3 Å². The van der Waals surface area contributed by atoms with Crippen molar-refractivity contribution >= 4 is 23.2 Å². The number of anilines is 1. The minimum atomic E-state index is -0.260. The van der Waals surface area contributed by atoms with E-state index in [4.69, 9.17) is 11.6 Å². The number of hydrogen-bond acceptors (Lipinski definition) is 2. The summed E-state index contributed by atoms with van der Waals surface area (Å²) in [5, 5.41) is 7.84. The van der Waals surface area contributed by atoms with E-state index in [2.05, 4.69) is 10.4 Å². The van der Waals surface area contributed by atoms with Gasteiger partial charge in [0.1, 0.15) is 0 Å². The number of halogens is 1. The zero-order valence-corrected chi connectivity index (χ0v) is 15.1. The SMILES string of the molecule is O=C(Nc1ccccc1Cl)c1cnn(-c2ccccc2)c1-c1ccccc1. The Labute approximate surface area is 162 Å². The Kier molecular flexibility index (Phi) is 4.73. The summed E-state index contributed by atoms with van der Waals surface area (Å²) >= 11 is 6.18. The van der Waals surface area contributed by atoms with Crippen molar-refractivity contribution in [3.8, 4) is 16.9 Å². The predicted octanol–water partition coefficient (Wildman–Crippen LogP) is 5.45. The second-order valence-corrected chi connectivity index (χ2v) is 6.36. The minimum Gasteiger partial charge on any atom is -0.321 e. The van der Waals surface area contributed by atoms with Gasteiger partial charge in [-0.15, -0.1) is 0 Å². The van der Waals surface area contributed by atoms with Crippen LogP contribution < -0.4 is 5.32 Å². The number of aromatic nitrogens is 2. The van der Waals surface area contributed by atoms with E-state index in [9.17, 15) is 4.79 Å². The highest BCUT2D eigenvalue weighted by molar-refractivity contribution is 6.34. The third kappa shape index (κ3) is 3.48. The van der Waals surface area contributed by atoms with Gasteiger partial charge in [0, 0.05) is 5.56 Å². The lowest BCUT2D eigenvalue weighted by Crippen LogP contribution is -2.13. The molecule has 1 amide bonds. The molecule has 27 heavy (non-hydrogen) atoms. The normalized spacial score (nSPS) is 10.6. The van der Waals surface area contributed by atoms with Crippen molar-refractivity contribution in [3.63, 3.8) is 0 Å². The first-order chi connectivity index (χ1) is 13.2. The van der Waals surface area contributed by atoms with E-state index in [1.165, 1.54) is 0 Å². The summed E-state index contributed by atoms with van der Waals surface area (Å²) < 4.78 is 1.77. The molecule has 5 heteroatoms. The maximum absolute atomic E-state index is 13.0. The van der Waals surface area contributed by atoms with Crippen LogP contribution in [0.4, 0.5) is 5.69 Å². The van der Waals surface area contributed by atoms with Gasteiger partial charge < -0.3 is 5.32 Å². The molecule has 132 valence electrons. The Balaban J connectivity index is 1.80. The van der Waals surface area contributed by atoms with E-state index in [1.54, 1.807) is 23.0 Å². The zero-order valence-electron chi connectivity index (χ0n) is 14.3. The van der Waals surface area contributed by atoms with E-state index in [-0.39, 0.29) is 5.91 Å². The van der Waals surface area contributed by atoms with Gasteiger partial charge >= 0.3 is 0 Å². The Morgan fingerprint density at radius 3 is 2.19 bits per heavy atom. The van der Waals surface area contributed by atoms with Gasteiger partial charge in [-0.1, -0.05) is 72.3 Å². The molecule has 1 heterocycles. The van der Waals surface area contributed by atoms with Crippen LogP contribution in [0.5, 0.6) is 0 Å². The lowest BCUT2D eigenvalue weighted by molar-refractivity contribution is 0.102. The molecule has 0 atom stereocenters. The molecule has 0 aliphatic carbocycles. The van der Waals surface area contributed by atoms with Crippen molar-refractivity contribution in [3.05, 3.63) is 102 Å². The van der Waals surface area contributed by atoms with Crippen molar-refractivity contribution in [2.75, 3.05) is 5.32 Å². The molecule has 0 unspecified atom stereocenters. The highest BCUT2D eigenvalue weighted by Crippen LogP contribution is 2.28. The average Bonchev–Trinajstić information content (AvgIpc) is 3.16. The summed E-state index contributed by atoms with van der Waals surface area (Å²) in [5.41, 5.74) is 3.56. The summed E-state index contributed by atoms with van der Waals surface area (Å²) in [6.45, 7) is 0. The number of hydrogen-bond donors (Lipinski definition) is 1. The molecule has 0 bridgehead atoms. The van der Waals surface area contributed by atoms with E-state index < -0.39 is 0 Å². The smallest absolute Gasteiger partial charge is 0.259 e. The standard InChI is InChI=1S/C22H16ClN3O/c23-19-13-7-8-14-20(19)25-22(27)18-15-24-26(17-11-5-2-6-12-17)21(18)16-9-3-1-4-10-16/h1-15H,(H,25,27). The van der Waals surface area contributed by atoms with Crippen LogP contribution in [-0.2, 0) is 0 Å². The Bertz CT molecular complexity index is 1080. The maximum Gasteiger partial charge on any atom is 0.259 e. The topological polar surface area (TPSA) is 46.9 Å². The van der Waals surface area contributed by atoms with Crippen molar-refractivity contribution in [2.45, 2.75) is 0 Å². The molecular weight excluding hydrogens is 358 g/mol. The van der Waals surface area contributed by atoms with Crippen molar-refractivity contribution in [1.82, 2.24) is 9.78 Å². The number of benzene rings is 3. The highest BCUT2D eigenvalue weighted by Gasteiger charge is 2.20. The quantitative estimate of drug-likeness (QED) is 0.517. The second kappa shape index (κ2) is 7.48. The predicted molar refractivity (Wildman–Crippen MR) is 108 cm³/mol. The number of carbonyl (C=O) groups is 1. The number of rotatable bonds is 4. The maximum atomic E-state index is 13.0. The minimum absolute atomic E-state index is 0.260. The summed E-state index contributed by atoms with van der Waals surface area (Å²) in [6, 6.07) is 26.6. The summed E-state index contributed by atoms with van der Waals surface area (Å²) in [4.78, 5) is 13.0. The fourth-order valence-electron chi connectivity index (χ4n) is 2.91. The van der Waals surface area contributed by atoms with Crippen LogP contribution in [0.1, 0.15) is 10.4 Å². The van der Waals surface area contributed by atoms with Gasteiger partial charge in [-0.2, -0.15) is 5.10 Å². The molecular formula is C22H16ClN3O. The first-order valence-electron chi connectivity index (χ1n) is 8.49. The van der Waals surface area contributed by atoms with Crippen LogP contribution in [0, 0.1) is 0 Å². The fourth-order valence-corrected chi connectivity index (χ4v) is 3.09. The molecule has 0 saturated heterocycles. The van der Waals surface area contributed by atoms with E-state index in [0.717, 1.165) is 16.9 Å². The van der Waals surface area contributed by atoms with Crippen molar-refractivity contribution < 1.29 is 4.79 Å². The monoisotopic (exact) mass is 373 g/mol. The van der Waals surface area contributed by atoms with Gasteiger partial charge in [0.25, 0.3) is 5.91 Å². The van der Waals surface area contributed by atoms with Crippen LogP contribution in [-0.4, -0.2) is 15.7 Å². The third-order valence-electron chi connectivity index (χ3n) is 4.18. The first kappa shape index (κ1) is 17.1. The Morgan fingerprint density at radius 1 is 0.852 bits per heavy atom. The first-order valence-corrected chi connectivity index (χ1v) is 8.86.